The maximum Gasteiger partial charge on any atom is 0.248 e. The van der Waals surface area contributed by atoms with Crippen molar-refractivity contribution >= 4 is 17.6 Å². The molecule has 8 heteroatoms. The van der Waals surface area contributed by atoms with Crippen molar-refractivity contribution < 1.29 is 9.59 Å². The molecular weight excluding hydrogens is 428 g/mol. The second kappa shape index (κ2) is 10.7. The molecule has 3 rings (SSSR count). The minimum atomic E-state index is -0.749. The number of nitriles is 1. The van der Waals surface area contributed by atoms with E-state index in [1.54, 1.807) is 18.0 Å². The van der Waals surface area contributed by atoms with Crippen LogP contribution in [0.2, 0.25) is 0 Å². The van der Waals surface area contributed by atoms with Gasteiger partial charge in [-0.05, 0) is 74.4 Å². The fourth-order valence-electron chi connectivity index (χ4n) is 5.32. The number of rotatable bonds is 8. The van der Waals surface area contributed by atoms with Gasteiger partial charge in [-0.25, -0.2) is 0 Å². The Morgan fingerprint density at radius 2 is 2.15 bits per heavy atom. The Morgan fingerprint density at radius 1 is 1.38 bits per heavy atom. The molecule has 0 radical (unpaired) electrons. The molecule has 1 aromatic carbocycles. The molecule has 1 fully saturated rings. The number of hydrogen-bond acceptors (Lipinski definition) is 5. The number of nitrogens with zero attached hydrogens (tertiary/aromatic N) is 3. The van der Waals surface area contributed by atoms with Crippen LogP contribution in [0, 0.1) is 11.3 Å². The molecule has 2 aliphatic rings. The van der Waals surface area contributed by atoms with Crippen LogP contribution in [0.4, 0.5) is 0 Å². The van der Waals surface area contributed by atoms with Crippen molar-refractivity contribution in [3.8, 4) is 6.07 Å². The summed E-state index contributed by atoms with van der Waals surface area (Å²) in [6, 6.07) is 7.37. The first-order chi connectivity index (χ1) is 16.3. The first-order valence-corrected chi connectivity index (χ1v) is 11.7. The van der Waals surface area contributed by atoms with Crippen LogP contribution in [0.5, 0.6) is 0 Å². The lowest BCUT2D eigenvalue weighted by molar-refractivity contribution is -0.130. The summed E-state index contributed by atoms with van der Waals surface area (Å²) in [7, 11) is 1.67. The number of carbonyl (C=O) groups is 2. The van der Waals surface area contributed by atoms with Gasteiger partial charge in [0.25, 0.3) is 0 Å². The maximum atomic E-state index is 12.7. The Morgan fingerprint density at radius 3 is 2.79 bits per heavy atom. The minimum absolute atomic E-state index is 0.0711. The molecule has 2 amide bonds. The van der Waals surface area contributed by atoms with Crippen LogP contribution in [0.3, 0.4) is 0 Å². The zero-order valence-corrected chi connectivity index (χ0v) is 20.1. The highest BCUT2D eigenvalue weighted by Gasteiger charge is 2.42. The highest BCUT2D eigenvalue weighted by molar-refractivity contribution is 5.98. The van der Waals surface area contributed by atoms with Crippen molar-refractivity contribution in [1.29, 1.82) is 5.26 Å². The summed E-state index contributed by atoms with van der Waals surface area (Å²) in [6.45, 7) is 7.42. The third-order valence-corrected chi connectivity index (χ3v) is 7.10. The van der Waals surface area contributed by atoms with E-state index >= 15 is 0 Å². The van der Waals surface area contributed by atoms with E-state index in [1.807, 2.05) is 18.2 Å². The number of aliphatic imine (C=N–C) groups is 1. The molecule has 0 aromatic heterocycles. The molecule has 180 valence electrons. The number of likely N-dealkylation sites (tertiary alicyclic amines) is 1. The van der Waals surface area contributed by atoms with E-state index in [-0.39, 0.29) is 18.5 Å². The van der Waals surface area contributed by atoms with Crippen molar-refractivity contribution in [2.24, 2.45) is 16.5 Å². The first-order valence-electron chi connectivity index (χ1n) is 11.7. The predicted octanol–water partition coefficient (Wildman–Crippen LogP) is 1.95. The van der Waals surface area contributed by atoms with Crippen LogP contribution < -0.4 is 16.8 Å². The van der Waals surface area contributed by atoms with E-state index in [4.69, 9.17) is 11.5 Å². The van der Waals surface area contributed by atoms with Gasteiger partial charge in [0.05, 0.1) is 18.0 Å². The average Bonchev–Trinajstić information content (AvgIpc) is 3.28. The summed E-state index contributed by atoms with van der Waals surface area (Å²) in [4.78, 5) is 30.5. The van der Waals surface area contributed by atoms with Gasteiger partial charge in [0.15, 0.2) is 0 Å². The van der Waals surface area contributed by atoms with Gasteiger partial charge in [0.1, 0.15) is 11.9 Å². The van der Waals surface area contributed by atoms with Gasteiger partial charge in [0, 0.05) is 19.2 Å². The molecule has 2 unspecified atom stereocenters. The summed E-state index contributed by atoms with van der Waals surface area (Å²) in [5.41, 5.74) is 16.0. The van der Waals surface area contributed by atoms with Gasteiger partial charge in [-0.1, -0.05) is 24.3 Å². The molecule has 1 aliphatic carbocycles. The van der Waals surface area contributed by atoms with E-state index in [2.05, 4.69) is 29.9 Å². The topological polar surface area (TPSA) is 138 Å². The normalized spacial score (nSPS) is 22.7. The lowest BCUT2D eigenvalue weighted by atomic mass is 9.68. The molecule has 5 N–H and O–H groups in total. The molecule has 2 atom stereocenters. The molecule has 1 heterocycles. The molecule has 0 spiro atoms. The molecule has 8 nitrogen and oxygen atoms in total. The number of aryl methyl sites for hydroxylation is 1. The maximum absolute atomic E-state index is 12.7. The van der Waals surface area contributed by atoms with E-state index in [0.717, 1.165) is 48.0 Å². The number of fused-ring (bicyclic) bond motifs is 1. The van der Waals surface area contributed by atoms with Crippen molar-refractivity contribution in [3.63, 3.8) is 0 Å². The Balaban J connectivity index is 1.93. The van der Waals surface area contributed by atoms with Crippen molar-refractivity contribution in [2.45, 2.75) is 50.5 Å². The number of amidine groups is 1. The molecular formula is C26H34N6O2. The number of carbonyl (C=O) groups excluding carboxylic acids is 2. The Labute approximate surface area is 201 Å². The predicted molar refractivity (Wildman–Crippen MR) is 133 cm³/mol. The molecule has 0 saturated carbocycles. The Bertz CT molecular complexity index is 1080. The molecule has 1 aromatic rings. The summed E-state index contributed by atoms with van der Waals surface area (Å²) in [5, 5.41) is 12.5. The second-order valence-electron chi connectivity index (χ2n) is 8.95. The van der Waals surface area contributed by atoms with Gasteiger partial charge in [0.2, 0.25) is 11.8 Å². The smallest absolute Gasteiger partial charge is 0.248 e. The van der Waals surface area contributed by atoms with Crippen LogP contribution in [-0.2, 0) is 16.6 Å². The number of nitrogens with two attached hydrogens (primary N) is 2. The number of nitrogens with one attached hydrogen (secondary N) is 1. The Hall–Kier alpha value is -3.44. The minimum Gasteiger partial charge on any atom is -0.386 e. The summed E-state index contributed by atoms with van der Waals surface area (Å²) < 4.78 is 0. The second-order valence-corrected chi connectivity index (χ2v) is 8.95. The van der Waals surface area contributed by atoms with Gasteiger partial charge in [-0.15, -0.1) is 0 Å². The van der Waals surface area contributed by atoms with Crippen LogP contribution >= 0.6 is 0 Å². The Kier molecular flexibility index (Phi) is 7.90. The van der Waals surface area contributed by atoms with Gasteiger partial charge in [-0.3, -0.25) is 14.6 Å². The number of benzene rings is 1. The zero-order valence-electron chi connectivity index (χ0n) is 20.1. The summed E-state index contributed by atoms with van der Waals surface area (Å²) in [6.07, 6.45) is 5.52. The highest BCUT2D eigenvalue weighted by atomic mass is 16.2. The van der Waals surface area contributed by atoms with E-state index in [9.17, 15) is 14.9 Å². The lowest BCUT2D eigenvalue weighted by Gasteiger charge is -2.37. The monoisotopic (exact) mass is 462 g/mol. The largest absolute Gasteiger partial charge is 0.386 e. The fraction of sp³-hybridized carbons (Fsp3) is 0.462. The van der Waals surface area contributed by atoms with Gasteiger partial charge >= 0.3 is 0 Å². The third-order valence-electron chi connectivity index (χ3n) is 7.10. The number of allylic oxidation sites excluding steroid dienone is 2. The van der Waals surface area contributed by atoms with Gasteiger partial charge in [-0.2, -0.15) is 5.26 Å². The molecule has 1 aliphatic heterocycles. The zero-order chi connectivity index (χ0) is 24.9. The highest BCUT2D eigenvalue weighted by Crippen LogP contribution is 2.43. The van der Waals surface area contributed by atoms with Gasteiger partial charge < -0.3 is 21.7 Å². The molecule has 1 saturated heterocycles. The number of primary amides is 1. The van der Waals surface area contributed by atoms with Crippen LogP contribution in [0.15, 0.2) is 47.0 Å². The SMILES string of the molecule is C=CC1=C(C)CCc2cc(C(N)=O)ccc2C1(CCNCC(=O)N1CCCC1C#N)C(N)=NC. The standard InChI is InChI=1S/C26H34N6O2/c1-4-21-17(2)7-8-18-14-19(24(28)34)9-10-22(18)26(21,25(29)30-3)11-12-31-16-23(33)32-13-5-6-20(32)15-27/h4,9-10,14,20,31H,1,5-8,11-13,16H2,2-3H3,(H2,28,34)(H2,29,30). The van der Waals surface area contributed by atoms with Crippen molar-refractivity contribution in [2.75, 3.05) is 26.7 Å². The van der Waals surface area contributed by atoms with Crippen molar-refractivity contribution in [1.82, 2.24) is 10.2 Å². The number of amides is 2. The molecule has 34 heavy (non-hydrogen) atoms. The first kappa shape index (κ1) is 25.2. The summed E-state index contributed by atoms with van der Waals surface area (Å²) in [5.74, 6) is -0.0895. The fourth-order valence-corrected chi connectivity index (χ4v) is 5.32. The van der Waals surface area contributed by atoms with Crippen molar-refractivity contribution in [3.05, 3.63) is 58.7 Å². The quantitative estimate of drug-likeness (QED) is 0.308. The summed E-state index contributed by atoms with van der Waals surface area (Å²) >= 11 is 0. The number of hydrogen-bond donors (Lipinski definition) is 3. The van der Waals surface area contributed by atoms with E-state index < -0.39 is 11.3 Å². The van der Waals surface area contributed by atoms with Crippen LogP contribution in [-0.4, -0.2) is 55.3 Å². The van der Waals surface area contributed by atoms with Crippen LogP contribution in [0.1, 0.15) is 54.1 Å². The third kappa shape index (κ3) is 4.62. The molecule has 0 bridgehead atoms. The van der Waals surface area contributed by atoms with Crippen LogP contribution in [0.25, 0.3) is 0 Å². The lowest BCUT2D eigenvalue weighted by Crippen LogP contribution is -2.46. The average molecular weight is 463 g/mol. The van der Waals surface area contributed by atoms with E-state index in [0.29, 0.717) is 30.9 Å². The van der Waals surface area contributed by atoms with E-state index in [1.165, 1.54) is 0 Å².